The van der Waals surface area contributed by atoms with Crippen molar-refractivity contribution in [2.75, 3.05) is 5.88 Å². The van der Waals surface area contributed by atoms with Crippen LogP contribution in [0.5, 0.6) is 0 Å². The van der Waals surface area contributed by atoms with Crippen LogP contribution in [-0.2, 0) is 16.4 Å². The number of halogens is 1. The van der Waals surface area contributed by atoms with Crippen molar-refractivity contribution in [3.8, 4) is 6.07 Å². The third-order valence-corrected chi connectivity index (χ3v) is 4.17. The van der Waals surface area contributed by atoms with Gasteiger partial charge in [-0.1, -0.05) is 12.1 Å². The average Bonchev–Trinajstić information content (AvgIpc) is 2.29. The van der Waals surface area contributed by atoms with Crippen molar-refractivity contribution in [2.24, 2.45) is 0 Å². The molecule has 1 atom stereocenters. The van der Waals surface area contributed by atoms with Gasteiger partial charge in [-0.3, -0.25) is 0 Å². The molecule has 1 aromatic carbocycles. The first kappa shape index (κ1) is 14.0. The van der Waals surface area contributed by atoms with Crippen LogP contribution in [0.2, 0.25) is 0 Å². The molecule has 1 rings (SSSR count). The Morgan fingerprint density at radius 3 is 2.47 bits per heavy atom. The van der Waals surface area contributed by atoms with E-state index in [0.717, 1.165) is 5.56 Å². The number of alkyl halides is 1. The van der Waals surface area contributed by atoms with Crippen molar-refractivity contribution >= 4 is 21.6 Å². The van der Waals surface area contributed by atoms with Crippen LogP contribution in [0.25, 0.3) is 0 Å². The summed E-state index contributed by atoms with van der Waals surface area (Å²) in [6.07, 6.45) is 0.270. The van der Waals surface area contributed by atoms with Gasteiger partial charge >= 0.3 is 0 Å². The second kappa shape index (κ2) is 6.01. The van der Waals surface area contributed by atoms with Crippen LogP contribution in [-0.4, -0.2) is 20.3 Å². The molecule has 0 spiro atoms. The molecule has 0 aliphatic heterocycles. The summed E-state index contributed by atoms with van der Waals surface area (Å²) in [6, 6.07) is 7.90. The van der Waals surface area contributed by atoms with Crippen LogP contribution < -0.4 is 4.72 Å². The fraction of sp³-hybridized carbons (Fsp3) is 0.364. The largest absolute Gasteiger partial charge is 0.240 e. The minimum Gasteiger partial charge on any atom is -0.207 e. The second-order valence-electron chi connectivity index (χ2n) is 3.66. The van der Waals surface area contributed by atoms with E-state index in [0.29, 0.717) is 0 Å². The molecule has 0 saturated carbocycles. The van der Waals surface area contributed by atoms with Gasteiger partial charge in [-0.05, 0) is 24.6 Å². The van der Waals surface area contributed by atoms with Gasteiger partial charge in [-0.15, -0.1) is 11.6 Å². The fourth-order valence-electron chi connectivity index (χ4n) is 1.24. The van der Waals surface area contributed by atoms with E-state index in [2.05, 4.69) is 4.72 Å². The van der Waals surface area contributed by atoms with Crippen LogP contribution in [0, 0.1) is 11.3 Å². The fourth-order valence-corrected chi connectivity index (χ4v) is 2.65. The lowest BCUT2D eigenvalue weighted by Crippen LogP contribution is -2.33. The van der Waals surface area contributed by atoms with Gasteiger partial charge in [0.15, 0.2) is 0 Å². The number of benzene rings is 1. The number of hydrogen-bond donors (Lipinski definition) is 1. The van der Waals surface area contributed by atoms with E-state index in [1.807, 2.05) is 6.07 Å². The third-order valence-electron chi connectivity index (χ3n) is 2.10. The Bertz CT molecular complexity index is 505. The highest BCUT2D eigenvalue weighted by atomic mass is 35.5. The first-order chi connectivity index (χ1) is 7.99. The molecule has 0 amide bonds. The zero-order valence-corrected chi connectivity index (χ0v) is 10.9. The molecular formula is C11H13ClN2O2S. The first-order valence-corrected chi connectivity index (χ1v) is 7.05. The Morgan fingerprint density at radius 1 is 1.41 bits per heavy atom. The maximum absolute atomic E-state index is 11.8. The van der Waals surface area contributed by atoms with Crippen molar-refractivity contribution in [3.05, 3.63) is 29.8 Å². The molecule has 1 N–H and O–H groups in total. The number of nitriles is 1. The minimum absolute atomic E-state index is 0.177. The molecule has 0 heterocycles. The SMILES string of the molecule is CC(CCl)NS(=O)(=O)c1ccc(CC#N)cc1. The second-order valence-corrected chi connectivity index (χ2v) is 5.68. The summed E-state index contributed by atoms with van der Waals surface area (Å²) in [6.45, 7) is 1.69. The van der Waals surface area contributed by atoms with E-state index < -0.39 is 10.0 Å². The molecule has 17 heavy (non-hydrogen) atoms. The first-order valence-electron chi connectivity index (χ1n) is 5.04. The van der Waals surface area contributed by atoms with Crippen molar-refractivity contribution in [1.82, 2.24) is 4.72 Å². The van der Waals surface area contributed by atoms with Crippen molar-refractivity contribution in [1.29, 1.82) is 5.26 Å². The number of rotatable bonds is 5. The molecule has 0 bridgehead atoms. The minimum atomic E-state index is -3.52. The summed E-state index contributed by atoms with van der Waals surface area (Å²) in [7, 11) is -3.52. The van der Waals surface area contributed by atoms with Gasteiger partial charge in [0.1, 0.15) is 0 Å². The Morgan fingerprint density at radius 2 is 2.00 bits per heavy atom. The Hall–Kier alpha value is -1.09. The molecule has 0 radical (unpaired) electrons. The molecule has 1 aromatic rings. The van der Waals surface area contributed by atoms with Crippen LogP contribution in [0.4, 0.5) is 0 Å². The number of nitrogens with zero attached hydrogens (tertiary/aromatic N) is 1. The Balaban J connectivity index is 2.89. The third kappa shape index (κ3) is 4.00. The monoisotopic (exact) mass is 272 g/mol. The quantitative estimate of drug-likeness (QED) is 0.829. The van der Waals surface area contributed by atoms with Gasteiger partial charge in [-0.2, -0.15) is 5.26 Å². The van der Waals surface area contributed by atoms with Crippen molar-refractivity contribution in [3.63, 3.8) is 0 Å². The summed E-state index contributed by atoms with van der Waals surface area (Å²) in [5, 5.41) is 8.50. The van der Waals surface area contributed by atoms with Crippen LogP contribution in [0.1, 0.15) is 12.5 Å². The highest BCUT2D eigenvalue weighted by molar-refractivity contribution is 7.89. The Kier molecular flexibility index (Phi) is 4.94. The zero-order chi connectivity index (χ0) is 12.9. The maximum Gasteiger partial charge on any atom is 0.240 e. The summed E-state index contributed by atoms with van der Waals surface area (Å²) in [5.41, 5.74) is 0.789. The predicted molar refractivity (Wildman–Crippen MR) is 66.3 cm³/mol. The van der Waals surface area contributed by atoms with Crippen LogP contribution in [0.15, 0.2) is 29.2 Å². The van der Waals surface area contributed by atoms with E-state index in [-0.39, 0.29) is 23.2 Å². The van der Waals surface area contributed by atoms with Gasteiger partial charge in [0.25, 0.3) is 0 Å². The molecule has 6 heteroatoms. The van der Waals surface area contributed by atoms with E-state index >= 15 is 0 Å². The summed E-state index contributed by atoms with van der Waals surface area (Å²) in [5.74, 6) is 0.214. The maximum atomic E-state index is 11.8. The molecule has 0 fully saturated rings. The summed E-state index contributed by atoms with van der Waals surface area (Å²) < 4.78 is 26.1. The van der Waals surface area contributed by atoms with Gasteiger partial charge in [0.2, 0.25) is 10.0 Å². The van der Waals surface area contributed by atoms with E-state index in [4.69, 9.17) is 16.9 Å². The highest BCUT2D eigenvalue weighted by Crippen LogP contribution is 2.11. The molecule has 92 valence electrons. The Labute approximate surface area is 106 Å². The molecule has 0 aliphatic carbocycles. The van der Waals surface area contributed by atoms with E-state index in [1.54, 1.807) is 19.1 Å². The number of nitrogens with one attached hydrogen (secondary N) is 1. The lowest BCUT2D eigenvalue weighted by molar-refractivity contribution is 0.570. The molecule has 0 aliphatic rings. The topological polar surface area (TPSA) is 70.0 Å². The van der Waals surface area contributed by atoms with Crippen LogP contribution in [0.3, 0.4) is 0 Å². The number of hydrogen-bond acceptors (Lipinski definition) is 3. The predicted octanol–water partition coefficient (Wildman–Crippen LogP) is 1.66. The van der Waals surface area contributed by atoms with E-state index in [9.17, 15) is 8.42 Å². The van der Waals surface area contributed by atoms with Crippen molar-refractivity contribution in [2.45, 2.75) is 24.3 Å². The summed E-state index contributed by atoms with van der Waals surface area (Å²) >= 11 is 5.55. The number of sulfonamides is 1. The molecule has 0 aromatic heterocycles. The zero-order valence-electron chi connectivity index (χ0n) is 9.35. The normalized spacial score (nSPS) is 13.0. The van der Waals surface area contributed by atoms with Gasteiger partial charge < -0.3 is 0 Å². The standard InChI is InChI=1S/C11H13ClN2O2S/c1-9(8-12)14-17(15,16)11-4-2-10(3-5-11)6-7-13/h2-5,9,14H,6,8H2,1H3. The summed E-state index contributed by atoms with van der Waals surface area (Å²) in [4.78, 5) is 0.177. The van der Waals surface area contributed by atoms with Gasteiger partial charge in [0, 0.05) is 11.9 Å². The lowest BCUT2D eigenvalue weighted by Gasteiger charge is -2.11. The van der Waals surface area contributed by atoms with Crippen LogP contribution >= 0.6 is 11.6 Å². The molecular weight excluding hydrogens is 260 g/mol. The smallest absolute Gasteiger partial charge is 0.207 e. The average molecular weight is 273 g/mol. The molecule has 1 unspecified atom stereocenters. The lowest BCUT2D eigenvalue weighted by atomic mass is 10.2. The molecule has 4 nitrogen and oxygen atoms in total. The van der Waals surface area contributed by atoms with Gasteiger partial charge in [-0.25, -0.2) is 13.1 Å². The van der Waals surface area contributed by atoms with E-state index in [1.165, 1.54) is 12.1 Å². The molecule has 0 saturated heterocycles. The van der Waals surface area contributed by atoms with Gasteiger partial charge in [0.05, 0.1) is 17.4 Å². The van der Waals surface area contributed by atoms with Crippen molar-refractivity contribution < 1.29 is 8.42 Å². The highest BCUT2D eigenvalue weighted by Gasteiger charge is 2.16.